The van der Waals surface area contributed by atoms with Crippen LogP contribution in [-0.4, -0.2) is 11.5 Å². The number of anilines is 1. The molecular formula is C11H14N2O2. The molecule has 1 aliphatic heterocycles. The Hall–Kier alpha value is -1.58. The van der Waals surface area contributed by atoms with Gasteiger partial charge in [0, 0.05) is 30.3 Å². The van der Waals surface area contributed by atoms with E-state index in [4.69, 9.17) is 0 Å². The highest BCUT2D eigenvalue weighted by atomic mass is 16.6. The number of nitro groups is 1. The predicted octanol–water partition coefficient (Wildman–Crippen LogP) is 2.90. The number of hydrogen-bond acceptors (Lipinski definition) is 3. The Kier molecular flexibility index (Phi) is 2.58. The van der Waals surface area contributed by atoms with Crippen LogP contribution in [0.5, 0.6) is 0 Å². The molecule has 0 fully saturated rings. The van der Waals surface area contributed by atoms with Crippen molar-refractivity contribution in [2.24, 2.45) is 0 Å². The van der Waals surface area contributed by atoms with Crippen molar-refractivity contribution in [3.8, 4) is 0 Å². The fraction of sp³-hybridized carbons (Fsp3) is 0.455. The van der Waals surface area contributed by atoms with Crippen molar-refractivity contribution in [3.63, 3.8) is 0 Å². The number of hydrogen-bond donors (Lipinski definition) is 1. The average Bonchev–Trinajstić information content (AvgIpc) is 2.61. The zero-order chi connectivity index (χ0) is 10.8. The molecule has 0 radical (unpaired) electrons. The molecule has 0 amide bonds. The summed E-state index contributed by atoms with van der Waals surface area (Å²) in [6, 6.07) is 5.07. The van der Waals surface area contributed by atoms with Crippen molar-refractivity contribution in [3.05, 3.63) is 33.9 Å². The van der Waals surface area contributed by atoms with Gasteiger partial charge in [-0.25, -0.2) is 0 Å². The Morgan fingerprint density at radius 2 is 2.40 bits per heavy atom. The van der Waals surface area contributed by atoms with E-state index in [1.165, 1.54) is 0 Å². The molecule has 0 spiro atoms. The monoisotopic (exact) mass is 206 g/mol. The van der Waals surface area contributed by atoms with Crippen LogP contribution in [0.25, 0.3) is 0 Å². The van der Waals surface area contributed by atoms with Crippen molar-refractivity contribution < 1.29 is 4.92 Å². The number of rotatable bonds is 3. The molecule has 0 saturated heterocycles. The third-order valence-electron chi connectivity index (χ3n) is 2.86. The highest BCUT2D eigenvalue weighted by Gasteiger charge is 2.23. The first kappa shape index (κ1) is 9.96. The lowest BCUT2D eigenvalue weighted by atomic mass is 9.96. The molecule has 0 aliphatic carbocycles. The molecule has 1 aliphatic rings. The van der Waals surface area contributed by atoms with Crippen molar-refractivity contribution in [2.75, 3.05) is 11.9 Å². The fourth-order valence-corrected chi connectivity index (χ4v) is 2.11. The van der Waals surface area contributed by atoms with E-state index in [-0.39, 0.29) is 10.6 Å². The summed E-state index contributed by atoms with van der Waals surface area (Å²) in [5.41, 5.74) is 2.35. The molecule has 0 saturated carbocycles. The van der Waals surface area contributed by atoms with Gasteiger partial charge in [-0.3, -0.25) is 10.1 Å². The minimum Gasteiger partial charge on any atom is -0.384 e. The second kappa shape index (κ2) is 3.88. The molecule has 15 heavy (non-hydrogen) atoms. The number of nitrogens with zero attached hydrogens (tertiary/aromatic N) is 1. The Morgan fingerprint density at radius 1 is 1.60 bits per heavy atom. The van der Waals surface area contributed by atoms with E-state index in [1.54, 1.807) is 12.1 Å². The van der Waals surface area contributed by atoms with E-state index in [2.05, 4.69) is 12.2 Å². The van der Waals surface area contributed by atoms with Gasteiger partial charge in [0.25, 0.3) is 5.69 Å². The summed E-state index contributed by atoms with van der Waals surface area (Å²) in [4.78, 5) is 10.3. The Balaban J connectivity index is 2.33. The van der Waals surface area contributed by atoms with Crippen LogP contribution < -0.4 is 5.32 Å². The largest absolute Gasteiger partial charge is 0.384 e. The lowest BCUT2D eigenvalue weighted by molar-refractivity contribution is -0.384. The van der Waals surface area contributed by atoms with Gasteiger partial charge in [0.1, 0.15) is 0 Å². The van der Waals surface area contributed by atoms with Gasteiger partial charge in [-0.15, -0.1) is 0 Å². The summed E-state index contributed by atoms with van der Waals surface area (Å²) in [6.07, 6.45) is 2.19. The SMILES string of the molecule is CCCC1CNc2ccc([N+](=O)[O-])cc21. The summed E-state index contributed by atoms with van der Waals surface area (Å²) in [6.45, 7) is 3.04. The van der Waals surface area contributed by atoms with Crippen LogP contribution in [0.15, 0.2) is 18.2 Å². The molecule has 1 aromatic rings. The smallest absolute Gasteiger partial charge is 0.269 e. The molecule has 80 valence electrons. The van der Waals surface area contributed by atoms with E-state index < -0.39 is 0 Å². The van der Waals surface area contributed by atoms with Gasteiger partial charge >= 0.3 is 0 Å². The van der Waals surface area contributed by atoms with E-state index >= 15 is 0 Å². The topological polar surface area (TPSA) is 55.2 Å². The highest BCUT2D eigenvalue weighted by Crippen LogP contribution is 2.36. The lowest BCUT2D eigenvalue weighted by Gasteiger charge is -2.07. The van der Waals surface area contributed by atoms with Crippen molar-refractivity contribution in [1.29, 1.82) is 0 Å². The first-order valence-electron chi connectivity index (χ1n) is 5.24. The van der Waals surface area contributed by atoms with Crippen LogP contribution in [0, 0.1) is 10.1 Å². The van der Waals surface area contributed by atoms with Crippen LogP contribution >= 0.6 is 0 Å². The molecule has 1 aromatic carbocycles. The maximum Gasteiger partial charge on any atom is 0.269 e. The molecule has 1 unspecified atom stereocenters. The predicted molar refractivity (Wildman–Crippen MR) is 59.2 cm³/mol. The number of nitrogens with one attached hydrogen (secondary N) is 1. The van der Waals surface area contributed by atoms with Crippen molar-refractivity contribution in [1.82, 2.24) is 0 Å². The normalized spacial score (nSPS) is 18.3. The zero-order valence-electron chi connectivity index (χ0n) is 8.69. The van der Waals surface area contributed by atoms with Crippen LogP contribution in [0.1, 0.15) is 31.2 Å². The van der Waals surface area contributed by atoms with E-state index in [1.807, 2.05) is 6.07 Å². The second-order valence-electron chi connectivity index (χ2n) is 3.90. The minimum atomic E-state index is -0.332. The average molecular weight is 206 g/mol. The number of benzene rings is 1. The maximum atomic E-state index is 10.7. The summed E-state index contributed by atoms with van der Waals surface area (Å²) in [5, 5.41) is 13.9. The Bertz CT molecular complexity index is 388. The standard InChI is InChI=1S/C11H14N2O2/c1-2-3-8-7-12-11-5-4-9(13(14)15)6-10(8)11/h4-6,8,12H,2-3,7H2,1H3. The minimum absolute atomic E-state index is 0.193. The third-order valence-corrected chi connectivity index (χ3v) is 2.86. The zero-order valence-corrected chi connectivity index (χ0v) is 8.69. The van der Waals surface area contributed by atoms with Gasteiger partial charge in [0.2, 0.25) is 0 Å². The van der Waals surface area contributed by atoms with Gasteiger partial charge in [-0.05, 0) is 18.1 Å². The highest BCUT2D eigenvalue weighted by molar-refractivity contribution is 5.61. The van der Waals surface area contributed by atoms with Gasteiger partial charge in [-0.2, -0.15) is 0 Å². The van der Waals surface area contributed by atoms with Gasteiger partial charge < -0.3 is 5.32 Å². The Morgan fingerprint density at radius 3 is 3.07 bits per heavy atom. The maximum absolute atomic E-state index is 10.7. The molecule has 1 heterocycles. The molecule has 0 aromatic heterocycles. The van der Waals surface area contributed by atoms with E-state index in [0.29, 0.717) is 5.92 Å². The molecule has 4 nitrogen and oxygen atoms in total. The van der Waals surface area contributed by atoms with Gasteiger partial charge in [-0.1, -0.05) is 13.3 Å². The van der Waals surface area contributed by atoms with E-state index in [0.717, 1.165) is 30.6 Å². The number of fused-ring (bicyclic) bond motifs is 1. The molecule has 1 N–H and O–H groups in total. The Labute approximate surface area is 88.5 Å². The van der Waals surface area contributed by atoms with Crippen LogP contribution in [-0.2, 0) is 0 Å². The molecule has 4 heteroatoms. The second-order valence-corrected chi connectivity index (χ2v) is 3.90. The summed E-state index contributed by atoms with van der Waals surface area (Å²) >= 11 is 0. The summed E-state index contributed by atoms with van der Waals surface area (Å²) in [7, 11) is 0. The van der Waals surface area contributed by atoms with Crippen LogP contribution in [0.4, 0.5) is 11.4 Å². The van der Waals surface area contributed by atoms with Gasteiger partial charge in [0.15, 0.2) is 0 Å². The van der Waals surface area contributed by atoms with Crippen molar-refractivity contribution in [2.45, 2.75) is 25.7 Å². The van der Waals surface area contributed by atoms with Crippen molar-refractivity contribution >= 4 is 11.4 Å². The quantitative estimate of drug-likeness (QED) is 0.611. The first-order chi connectivity index (χ1) is 7.22. The lowest BCUT2D eigenvalue weighted by Crippen LogP contribution is -2.01. The fourth-order valence-electron chi connectivity index (χ4n) is 2.11. The van der Waals surface area contributed by atoms with E-state index in [9.17, 15) is 10.1 Å². The first-order valence-corrected chi connectivity index (χ1v) is 5.24. The number of nitro benzene ring substituents is 1. The summed E-state index contributed by atoms with van der Waals surface area (Å²) in [5.74, 6) is 0.435. The number of non-ortho nitro benzene ring substituents is 1. The summed E-state index contributed by atoms with van der Waals surface area (Å²) < 4.78 is 0. The molecular weight excluding hydrogens is 192 g/mol. The molecule has 0 bridgehead atoms. The van der Waals surface area contributed by atoms with Crippen LogP contribution in [0.2, 0.25) is 0 Å². The van der Waals surface area contributed by atoms with Gasteiger partial charge in [0.05, 0.1) is 4.92 Å². The molecule has 2 rings (SSSR count). The third kappa shape index (κ3) is 1.79. The van der Waals surface area contributed by atoms with Crippen LogP contribution in [0.3, 0.4) is 0 Å². The molecule has 1 atom stereocenters.